The van der Waals surface area contributed by atoms with Crippen molar-refractivity contribution in [1.82, 2.24) is 14.7 Å². The van der Waals surface area contributed by atoms with Crippen LogP contribution in [0, 0.1) is 0 Å². The van der Waals surface area contributed by atoms with E-state index in [-0.39, 0.29) is 30.5 Å². The van der Waals surface area contributed by atoms with E-state index in [9.17, 15) is 22.3 Å². The normalized spacial score (nSPS) is 23.7. The Labute approximate surface area is 174 Å². The maximum absolute atomic E-state index is 14.5. The van der Waals surface area contributed by atoms with Crippen LogP contribution in [0.2, 0.25) is 0 Å². The lowest BCUT2D eigenvalue weighted by molar-refractivity contribution is -0.00603. The van der Waals surface area contributed by atoms with Gasteiger partial charge in [0.05, 0.1) is 24.1 Å². The Hall–Kier alpha value is -2.17. The van der Waals surface area contributed by atoms with Gasteiger partial charge in [-0.2, -0.15) is 8.78 Å². The molecule has 4 rings (SSSR count). The number of nitrogens with zero attached hydrogens (tertiary/aromatic N) is 3. The zero-order valence-corrected chi connectivity index (χ0v) is 17.7. The number of benzene rings is 1. The Morgan fingerprint density at radius 1 is 1.27 bits per heavy atom. The van der Waals surface area contributed by atoms with Crippen LogP contribution in [0.5, 0.6) is 0 Å². The molecule has 3 atom stereocenters. The Morgan fingerprint density at radius 3 is 2.50 bits per heavy atom. The molecule has 0 saturated carbocycles. The SMILES string of the molecule is C[C@H](NS(C)(=O)=O)c1ccc(-c2nc(N3C[C@@H](O)[C@@H]3C)nc3c2CCC3(F)F)cc1. The Kier molecular flexibility index (Phi) is 5.06. The van der Waals surface area contributed by atoms with Crippen LogP contribution in [0.3, 0.4) is 0 Å². The first-order chi connectivity index (χ1) is 14.0. The summed E-state index contributed by atoms with van der Waals surface area (Å²) >= 11 is 0. The Morgan fingerprint density at radius 2 is 1.93 bits per heavy atom. The number of hydrogen-bond donors (Lipinski definition) is 2. The fourth-order valence-corrected chi connectivity index (χ4v) is 4.73. The molecule has 0 spiro atoms. The molecule has 10 heteroatoms. The summed E-state index contributed by atoms with van der Waals surface area (Å²) in [6.07, 6.45) is 0.439. The monoisotopic (exact) mass is 438 g/mol. The fourth-order valence-electron chi connectivity index (χ4n) is 3.95. The highest BCUT2D eigenvalue weighted by Gasteiger charge is 2.45. The van der Waals surface area contributed by atoms with Gasteiger partial charge in [0.1, 0.15) is 5.69 Å². The summed E-state index contributed by atoms with van der Waals surface area (Å²) in [5.74, 6) is -2.82. The predicted molar refractivity (Wildman–Crippen MR) is 109 cm³/mol. The second-order valence-corrected chi connectivity index (χ2v) is 9.88. The van der Waals surface area contributed by atoms with Gasteiger partial charge in [-0.05, 0) is 25.8 Å². The van der Waals surface area contributed by atoms with Gasteiger partial charge in [0, 0.05) is 30.1 Å². The zero-order chi connectivity index (χ0) is 21.8. The molecule has 1 saturated heterocycles. The van der Waals surface area contributed by atoms with Crippen molar-refractivity contribution in [2.24, 2.45) is 0 Å². The van der Waals surface area contributed by atoms with Gasteiger partial charge in [0.15, 0.2) is 0 Å². The average Bonchev–Trinajstić information content (AvgIpc) is 2.98. The molecule has 1 aromatic heterocycles. The summed E-state index contributed by atoms with van der Waals surface area (Å²) in [6, 6.07) is 6.37. The molecule has 30 heavy (non-hydrogen) atoms. The van der Waals surface area contributed by atoms with E-state index >= 15 is 0 Å². The number of nitrogens with one attached hydrogen (secondary N) is 1. The molecule has 1 aliphatic heterocycles. The first-order valence-corrected chi connectivity index (χ1v) is 11.7. The Balaban J connectivity index is 1.73. The van der Waals surface area contributed by atoms with Crippen LogP contribution in [-0.4, -0.2) is 48.4 Å². The first kappa shape index (κ1) is 21.1. The van der Waals surface area contributed by atoms with Gasteiger partial charge < -0.3 is 10.0 Å². The van der Waals surface area contributed by atoms with Crippen LogP contribution in [0.25, 0.3) is 11.3 Å². The fraction of sp³-hybridized carbons (Fsp3) is 0.500. The minimum absolute atomic E-state index is 0.184. The largest absolute Gasteiger partial charge is 0.389 e. The molecule has 2 heterocycles. The maximum Gasteiger partial charge on any atom is 0.290 e. The minimum atomic E-state index is -3.36. The second kappa shape index (κ2) is 7.21. The smallest absolute Gasteiger partial charge is 0.290 e. The molecule has 2 aliphatic rings. The highest BCUT2D eigenvalue weighted by Crippen LogP contribution is 2.44. The number of sulfonamides is 1. The van der Waals surface area contributed by atoms with Crippen LogP contribution in [0.1, 0.15) is 43.1 Å². The molecule has 7 nitrogen and oxygen atoms in total. The van der Waals surface area contributed by atoms with E-state index < -0.39 is 28.1 Å². The number of aromatic nitrogens is 2. The molecule has 2 N–H and O–H groups in total. The summed E-state index contributed by atoms with van der Waals surface area (Å²) < 4.78 is 54.4. The highest BCUT2D eigenvalue weighted by molar-refractivity contribution is 7.88. The lowest BCUT2D eigenvalue weighted by Gasteiger charge is -2.43. The van der Waals surface area contributed by atoms with Gasteiger partial charge in [-0.1, -0.05) is 24.3 Å². The number of hydrogen-bond acceptors (Lipinski definition) is 6. The van der Waals surface area contributed by atoms with E-state index in [1.807, 2.05) is 0 Å². The van der Waals surface area contributed by atoms with Gasteiger partial charge in [-0.25, -0.2) is 23.1 Å². The third-order valence-corrected chi connectivity index (χ3v) is 6.58. The third kappa shape index (κ3) is 3.79. The van der Waals surface area contributed by atoms with E-state index in [0.29, 0.717) is 23.4 Å². The van der Waals surface area contributed by atoms with E-state index in [0.717, 1.165) is 11.8 Å². The topological polar surface area (TPSA) is 95.4 Å². The van der Waals surface area contributed by atoms with Crippen molar-refractivity contribution in [1.29, 1.82) is 0 Å². The number of rotatable bonds is 5. The van der Waals surface area contributed by atoms with Gasteiger partial charge in [0.2, 0.25) is 16.0 Å². The molecular formula is C20H24F2N4O3S. The molecule has 0 amide bonds. The summed E-state index contributed by atoms with van der Waals surface area (Å²) in [5, 5.41) is 9.80. The molecule has 2 aromatic rings. The van der Waals surface area contributed by atoms with E-state index in [4.69, 9.17) is 0 Å². The van der Waals surface area contributed by atoms with Crippen molar-refractivity contribution >= 4 is 16.0 Å². The van der Waals surface area contributed by atoms with Crippen molar-refractivity contribution < 1.29 is 22.3 Å². The molecule has 162 valence electrons. The zero-order valence-electron chi connectivity index (χ0n) is 16.9. The third-order valence-electron chi connectivity index (χ3n) is 5.79. The summed E-state index contributed by atoms with van der Waals surface area (Å²) in [4.78, 5) is 10.5. The summed E-state index contributed by atoms with van der Waals surface area (Å²) in [6.45, 7) is 3.83. The van der Waals surface area contributed by atoms with Crippen LogP contribution in [-0.2, 0) is 22.4 Å². The van der Waals surface area contributed by atoms with E-state index in [1.165, 1.54) is 0 Å². The van der Waals surface area contributed by atoms with Crippen LogP contribution < -0.4 is 9.62 Å². The summed E-state index contributed by atoms with van der Waals surface area (Å²) in [7, 11) is -3.36. The van der Waals surface area contributed by atoms with Crippen molar-refractivity contribution in [3.05, 3.63) is 41.1 Å². The number of fused-ring (bicyclic) bond motifs is 1. The molecule has 1 fully saturated rings. The minimum Gasteiger partial charge on any atom is -0.389 e. The number of alkyl halides is 2. The lowest BCUT2D eigenvalue weighted by atomic mass is 10.0. The van der Waals surface area contributed by atoms with Crippen molar-refractivity contribution in [2.45, 2.75) is 50.8 Å². The molecule has 1 aromatic carbocycles. The standard InChI is InChI=1S/C20H24F2N4O3S/c1-11(25-30(3,28)29)13-4-6-14(7-5-13)17-15-8-9-20(21,22)18(15)24-19(23-17)26-10-16(27)12(26)2/h4-7,11-12,16,25,27H,8-10H2,1-3H3/t11-,12-,16+/m0/s1. The van der Waals surface area contributed by atoms with E-state index in [2.05, 4.69) is 14.7 Å². The number of aliphatic hydroxyl groups excluding tert-OH is 1. The Bertz CT molecular complexity index is 1080. The molecule has 0 bridgehead atoms. The molecule has 0 unspecified atom stereocenters. The number of halogens is 2. The van der Waals surface area contributed by atoms with Gasteiger partial charge in [-0.3, -0.25) is 0 Å². The van der Waals surface area contributed by atoms with Crippen molar-refractivity contribution in [2.75, 3.05) is 17.7 Å². The van der Waals surface area contributed by atoms with Crippen LogP contribution in [0.4, 0.5) is 14.7 Å². The number of β-amino-alcohol motifs (C(OH)–C–C–N with tert-alkyl or cyclic N) is 1. The average molecular weight is 439 g/mol. The predicted octanol–water partition coefficient (Wildman–Crippen LogP) is 2.36. The lowest BCUT2D eigenvalue weighted by Crippen LogP contribution is -2.59. The first-order valence-electron chi connectivity index (χ1n) is 9.78. The van der Waals surface area contributed by atoms with Crippen LogP contribution >= 0.6 is 0 Å². The van der Waals surface area contributed by atoms with Gasteiger partial charge in [-0.15, -0.1) is 0 Å². The molecule has 1 aliphatic carbocycles. The maximum atomic E-state index is 14.5. The molecular weight excluding hydrogens is 414 g/mol. The van der Waals surface area contributed by atoms with Crippen molar-refractivity contribution in [3.63, 3.8) is 0 Å². The van der Waals surface area contributed by atoms with E-state index in [1.54, 1.807) is 43.0 Å². The summed E-state index contributed by atoms with van der Waals surface area (Å²) in [5.41, 5.74) is 2.06. The highest BCUT2D eigenvalue weighted by atomic mass is 32.2. The number of anilines is 1. The van der Waals surface area contributed by atoms with Crippen LogP contribution in [0.15, 0.2) is 24.3 Å². The van der Waals surface area contributed by atoms with Gasteiger partial charge >= 0.3 is 0 Å². The quantitative estimate of drug-likeness (QED) is 0.744. The van der Waals surface area contributed by atoms with Crippen molar-refractivity contribution in [3.8, 4) is 11.3 Å². The second-order valence-electron chi connectivity index (χ2n) is 8.10. The number of aliphatic hydroxyl groups is 1. The molecule has 0 radical (unpaired) electrons. The van der Waals surface area contributed by atoms with Gasteiger partial charge in [0.25, 0.3) is 5.92 Å².